The SMILES string of the molecule is O=[N+]([O-])c1ccc(N2CCC[C@H]2CCl)c([N+](=O)[O-])c1. The molecule has 7 nitrogen and oxygen atoms in total. The summed E-state index contributed by atoms with van der Waals surface area (Å²) in [5, 5.41) is 21.7. The molecule has 1 aromatic rings. The van der Waals surface area contributed by atoms with E-state index in [2.05, 4.69) is 0 Å². The van der Waals surface area contributed by atoms with Crippen LogP contribution in [0.5, 0.6) is 0 Å². The highest BCUT2D eigenvalue weighted by Gasteiger charge is 2.30. The summed E-state index contributed by atoms with van der Waals surface area (Å²) in [4.78, 5) is 22.4. The molecule has 1 atom stereocenters. The van der Waals surface area contributed by atoms with E-state index in [0.29, 0.717) is 18.1 Å². The Morgan fingerprint density at radius 3 is 2.63 bits per heavy atom. The Kier molecular flexibility index (Phi) is 3.84. The largest absolute Gasteiger partial charge is 0.362 e. The molecule has 0 saturated carbocycles. The van der Waals surface area contributed by atoms with Gasteiger partial charge in [0.2, 0.25) is 0 Å². The number of hydrogen-bond acceptors (Lipinski definition) is 5. The highest BCUT2D eigenvalue weighted by molar-refractivity contribution is 6.18. The fourth-order valence-electron chi connectivity index (χ4n) is 2.33. The molecule has 0 radical (unpaired) electrons. The Morgan fingerprint density at radius 2 is 2.05 bits per heavy atom. The Hall–Kier alpha value is -1.89. The summed E-state index contributed by atoms with van der Waals surface area (Å²) in [6.07, 6.45) is 1.78. The standard InChI is InChI=1S/C11H12ClN3O4/c12-7-9-2-1-5-13(9)10-4-3-8(14(16)17)6-11(10)15(18)19/h3-4,6,9H,1-2,5,7H2/t9-/m0/s1. The molecule has 1 aromatic carbocycles. The van der Waals surface area contributed by atoms with E-state index in [1.165, 1.54) is 12.1 Å². The second-order valence-corrected chi connectivity index (χ2v) is 4.64. The molecule has 1 aliphatic rings. The van der Waals surface area contributed by atoms with Gasteiger partial charge < -0.3 is 4.90 Å². The third kappa shape index (κ3) is 2.60. The summed E-state index contributed by atoms with van der Waals surface area (Å²) in [5.41, 5.74) is -0.123. The van der Waals surface area contributed by atoms with E-state index < -0.39 is 9.85 Å². The van der Waals surface area contributed by atoms with Crippen LogP contribution in [-0.2, 0) is 0 Å². The van der Waals surface area contributed by atoms with Crippen molar-refractivity contribution in [1.29, 1.82) is 0 Å². The molecule has 1 aliphatic heterocycles. The minimum absolute atomic E-state index is 0.0434. The first kappa shape index (κ1) is 13.5. The number of nitrogens with zero attached hydrogens (tertiary/aromatic N) is 3. The summed E-state index contributed by atoms with van der Waals surface area (Å²) in [7, 11) is 0. The molecule has 19 heavy (non-hydrogen) atoms. The normalized spacial score (nSPS) is 18.6. The summed E-state index contributed by atoms with van der Waals surface area (Å²) in [5.74, 6) is 0.383. The quantitative estimate of drug-likeness (QED) is 0.482. The second-order valence-electron chi connectivity index (χ2n) is 4.33. The molecule has 1 saturated heterocycles. The third-order valence-electron chi connectivity index (χ3n) is 3.23. The van der Waals surface area contributed by atoms with Gasteiger partial charge in [-0.3, -0.25) is 20.2 Å². The summed E-state index contributed by atoms with van der Waals surface area (Å²) >= 11 is 5.85. The van der Waals surface area contributed by atoms with Crippen molar-refractivity contribution in [3.8, 4) is 0 Å². The monoisotopic (exact) mass is 285 g/mol. The predicted molar refractivity (Wildman–Crippen MR) is 70.8 cm³/mol. The van der Waals surface area contributed by atoms with Crippen molar-refractivity contribution in [3.63, 3.8) is 0 Å². The van der Waals surface area contributed by atoms with Crippen LogP contribution in [0.25, 0.3) is 0 Å². The Morgan fingerprint density at radius 1 is 1.32 bits per heavy atom. The Labute approximate surface area is 114 Å². The minimum Gasteiger partial charge on any atom is -0.362 e. The van der Waals surface area contributed by atoms with Crippen molar-refractivity contribution >= 4 is 28.7 Å². The number of benzene rings is 1. The van der Waals surface area contributed by atoms with Crippen molar-refractivity contribution in [3.05, 3.63) is 38.4 Å². The molecule has 0 bridgehead atoms. The first-order chi connectivity index (χ1) is 9.04. The second kappa shape index (κ2) is 5.40. The Balaban J connectivity index is 2.45. The lowest BCUT2D eigenvalue weighted by Gasteiger charge is -2.24. The zero-order valence-electron chi connectivity index (χ0n) is 9.99. The van der Waals surface area contributed by atoms with Crippen LogP contribution in [0.4, 0.5) is 17.1 Å². The zero-order chi connectivity index (χ0) is 14.0. The molecule has 0 unspecified atom stereocenters. The molecule has 0 aromatic heterocycles. The van der Waals surface area contributed by atoms with Crippen molar-refractivity contribution in [1.82, 2.24) is 0 Å². The van der Waals surface area contributed by atoms with Crippen molar-refractivity contribution in [2.24, 2.45) is 0 Å². The molecule has 0 spiro atoms. The minimum atomic E-state index is -0.639. The molecule has 0 aliphatic carbocycles. The topological polar surface area (TPSA) is 89.5 Å². The van der Waals surface area contributed by atoms with Crippen LogP contribution >= 0.6 is 11.6 Å². The smallest absolute Gasteiger partial charge is 0.299 e. The highest BCUT2D eigenvalue weighted by Crippen LogP contribution is 2.36. The van der Waals surface area contributed by atoms with Gasteiger partial charge in [-0.05, 0) is 18.9 Å². The van der Waals surface area contributed by atoms with Gasteiger partial charge in [-0.25, -0.2) is 0 Å². The predicted octanol–water partition coefficient (Wildman–Crippen LogP) is 2.71. The zero-order valence-corrected chi connectivity index (χ0v) is 10.7. The van der Waals surface area contributed by atoms with E-state index in [4.69, 9.17) is 11.6 Å². The van der Waals surface area contributed by atoms with Crippen LogP contribution in [0.1, 0.15) is 12.8 Å². The number of halogens is 1. The summed E-state index contributed by atoms with van der Waals surface area (Å²) < 4.78 is 0. The van der Waals surface area contributed by atoms with Crippen LogP contribution in [0, 0.1) is 20.2 Å². The van der Waals surface area contributed by atoms with E-state index in [1.807, 2.05) is 4.90 Å². The molecule has 1 fully saturated rings. The maximum atomic E-state index is 11.1. The number of non-ortho nitro benzene ring substituents is 1. The van der Waals surface area contributed by atoms with Crippen molar-refractivity contribution < 1.29 is 9.85 Å². The van der Waals surface area contributed by atoms with E-state index >= 15 is 0 Å². The lowest BCUT2D eigenvalue weighted by molar-refractivity contribution is -0.393. The molecular formula is C11H12ClN3O4. The first-order valence-corrected chi connectivity index (χ1v) is 6.33. The van der Waals surface area contributed by atoms with Crippen molar-refractivity contribution in [2.75, 3.05) is 17.3 Å². The maximum Gasteiger partial charge on any atom is 0.299 e. The number of anilines is 1. The van der Waals surface area contributed by atoms with Crippen LogP contribution in [0.3, 0.4) is 0 Å². The number of hydrogen-bond donors (Lipinski definition) is 0. The first-order valence-electron chi connectivity index (χ1n) is 5.80. The maximum absolute atomic E-state index is 11.1. The average Bonchev–Trinajstić information content (AvgIpc) is 2.85. The molecule has 102 valence electrons. The molecule has 0 amide bonds. The summed E-state index contributed by atoms with van der Waals surface area (Å²) in [6, 6.07) is 3.76. The van der Waals surface area contributed by atoms with Gasteiger partial charge in [-0.1, -0.05) is 0 Å². The van der Waals surface area contributed by atoms with Gasteiger partial charge in [0.05, 0.1) is 15.9 Å². The van der Waals surface area contributed by atoms with Gasteiger partial charge in [0.25, 0.3) is 11.4 Å². The Bertz CT molecular complexity index is 523. The molecule has 8 heteroatoms. The lowest BCUT2D eigenvalue weighted by atomic mass is 10.2. The molecular weight excluding hydrogens is 274 g/mol. The molecule has 1 heterocycles. The van der Waals surface area contributed by atoms with E-state index in [1.54, 1.807) is 0 Å². The van der Waals surface area contributed by atoms with Crippen molar-refractivity contribution in [2.45, 2.75) is 18.9 Å². The molecule has 2 rings (SSSR count). The van der Waals surface area contributed by atoms with Gasteiger partial charge in [0, 0.05) is 24.5 Å². The van der Waals surface area contributed by atoms with E-state index in [0.717, 1.165) is 18.9 Å². The summed E-state index contributed by atoms with van der Waals surface area (Å²) in [6.45, 7) is 0.677. The fraction of sp³-hybridized carbons (Fsp3) is 0.455. The van der Waals surface area contributed by atoms with Crippen LogP contribution < -0.4 is 4.90 Å². The van der Waals surface area contributed by atoms with Crippen LogP contribution in [0.15, 0.2) is 18.2 Å². The van der Waals surface area contributed by atoms with E-state index in [-0.39, 0.29) is 17.4 Å². The molecule has 0 N–H and O–H groups in total. The van der Waals surface area contributed by atoms with Gasteiger partial charge >= 0.3 is 0 Å². The number of nitro benzene ring substituents is 2. The highest BCUT2D eigenvalue weighted by atomic mass is 35.5. The average molecular weight is 286 g/mol. The van der Waals surface area contributed by atoms with Gasteiger partial charge in [-0.2, -0.15) is 0 Å². The number of alkyl halides is 1. The van der Waals surface area contributed by atoms with Gasteiger partial charge in [0.1, 0.15) is 5.69 Å². The van der Waals surface area contributed by atoms with Crippen LogP contribution in [-0.4, -0.2) is 28.3 Å². The van der Waals surface area contributed by atoms with Gasteiger partial charge in [0.15, 0.2) is 0 Å². The third-order valence-corrected chi connectivity index (χ3v) is 3.59. The van der Waals surface area contributed by atoms with Crippen LogP contribution in [0.2, 0.25) is 0 Å². The number of nitro groups is 2. The van der Waals surface area contributed by atoms with E-state index in [9.17, 15) is 20.2 Å². The lowest BCUT2D eigenvalue weighted by Crippen LogP contribution is -2.31. The number of rotatable bonds is 4. The van der Waals surface area contributed by atoms with Gasteiger partial charge in [-0.15, -0.1) is 11.6 Å². The fourth-order valence-corrected chi connectivity index (χ4v) is 2.65.